The summed E-state index contributed by atoms with van der Waals surface area (Å²) in [5, 5.41) is 10.3. The van der Waals surface area contributed by atoms with Crippen molar-refractivity contribution in [2.45, 2.75) is 0 Å². The second-order valence-electron chi connectivity index (χ2n) is 2.35. The second kappa shape index (κ2) is 2.64. The number of methoxy groups -OCH3 is 1. The summed E-state index contributed by atoms with van der Waals surface area (Å²) in [5.74, 6) is 0.833. The van der Waals surface area contributed by atoms with Gasteiger partial charge in [0.25, 0.3) is 0 Å². The van der Waals surface area contributed by atoms with Gasteiger partial charge in [-0.3, -0.25) is 0 Å². The van der Waals surface area contributed by atoms with Gasteiger partial charge < -0.3 is 9.84 Å². The van der Waals surface area contributed by atoms with Crippen molar-refractivity contribution in [2.75, 3.05) is 7.11 Å². The number of phenols is 1. The van der Waals surface area contributed by atoms with Gasteiger partial charge in [0.1, 0.15) is 10.4 Å². The van der Waals surface area contributed by atoms with E-state index in [4.69, 9.17) is 4.74 Å². The molecule has 1 heterocycles. The average molecular weight is 181 g/mol. The van der Waals surface area contributed by atoms with Gasteiger partial charge in [-0.25, -0.2) is 0 Å². The van der Waals surface area contributed by atoms with E-state index < -0.39 is 0 Å². The van der Waals surface area contributed by atoms with Crippen LogP contribution in [0.15, 0.2) is 18.2 Å². The minimum Gasteiger partial charge on any atom is -0.506 e. The maximum Gasteiger partial charge on any atom is 0.233 e. The zero-order valence-electron chi connectivity index (χ0n) is 6.44. The molecule has 12 heavy (non-hydrogen) atoms. The molecule has 0 spiro atoms. The first kappa shape index (κ1) is 7.36. The van der Waals surface area contributed by atoms with E-state index in [1.807, 2.05) is 6.07 Å². The maximum atomic E-state index is 9.39. The molecule has 0 amide bonds. The van der Waals surface area contributed by atoms with Crippen molar-refractivity contribution < 1.29 is 9.84 Å². The van der Waals surface area contributed by atoms with Gasteiger partial charge in [-0.1, -0.05) is 6.07 Å². The Labute approximate surface area is 73.4 Å². The average Bonchev–Trinajstić information content (AvgIpc) is 2.49. The molecule has 0 bridgehead atoms. The lowest BCUT2D eigenvalue weighted by Crippen LogP contribution is -1.80. The van der Waals surface area contributed by atoms with Gasteiger partial charge in [0.2, 0.25) is 5.88 Å². The molecule has 0 unspecified atom stereocenters. The Morgan fingerprint density at radius 3 is 3.08 bits per heavy atom. The third kappa shape index (κ3) is 0.921. The van der Waals surface area contributed by atoms with Crippen LogP contribution in [0.5, 0.6) is 11.6 Å². The zero-order chi connectivity index (χ0) is 8.55. The summed E-state index contributed by atoms with van der Waals surface area (Å²) >= 11 is 1.24. The van der Waals surface area contributed by atoms with Gasteiger partial charge in [-0.05, 0) is 23.7 Å². The summed E-state index contributed by atoms with van der Waals surface area (Å²) in [7, 11) is 1.57. The lowest BCUT2D eigenvalue weighted by atomic mass is 10.2. The third-order valence-electron chi connectivity index (χ3n) is 1.64. The van der Waals surface area contributed by atoms with Crippen molar-refractivity contribution in [3.05, 3.63) is 18.2 Å². The van der Waals surface area contributed by atoms with Crippen molar-refractivity contribution in [1.29, 1.82) is 0 Å². The smallest absolute Gasteiger partial charge is 0.233 e. The number of fused-ring (bicyclic) bond motifs is 1. The normalized spacial score (nSPS) is 10.4. The second-order valence-corrected chi connectivity index (χ2v) is 3.12. The highest BCUT2D eigenvalue weighted by Crippen LogP contribution is 2.34. The third-order valence-corrected chi connectivity index (χ3v) is 2.51. The summed E-state index contributed by atoms with van der Waals surface area (Å²) in [6, 6.07) is 5.28. The summed E-state index contributed by atoms with van der Waals surface area (Å²) < 4.78 is 9.82. The summed E-state index contributed by atoms with van der Waals surface area (Å²) in [4.78, 5) is 0. The number of ether oxygens (including phenoxy) is 1. The van der Waals surface area contributed by atoms with Crippen LogP contribution in [0.3, 0.4) is 0 Å². The predicted octanol–water partition coefficient (Wildman–Crippen LogP) is 2.01. The van der Waals surface area contributed by atoms with E-state index in [1.165, 1.54) is 11.5 Å². The van der Waals surface area contributed by atoms with Gasteiger partial charge in [0.05, 0.1) is 12.5 Å². The molecule has 0 aliphatic carbocycles. The molecule has 2 rings (SSSR count). The molecule has 0 saturated heterocycles. The van der Waals surface area contributed by atoms with Crippen LogP contribution in [0, 0.1) is 0 Å². The quantitative estimate of drug-likeness (QED) is 0.731. The molecule has 0 radical (unpaired) electrons. The molecular weight excluding hydrogens is 174 g/mol. The molecule has 3 nitrogen and oxygen atoms in total. The first-order valence-corrected chi connectivity index (χ1v) is 4.21. The topological polar surface area (TPSA) is 42.4 Å². The van der Waals surface area contributed by atoms with Crippen molar-refractivity contribution in [1.82, 2.24) is 4.37 Å². The summed E-state index contributed by atoms with van der Waals surface area (Å²) in [5.41, 5.74) is 0. The van der Waals surface area contributed by atoms with Gasteiger partial charge in [-0.2, -0.15) is 4.37 Å². The van der Waals surface area contributed by atoms with Gasteiger partial charge in [0, 0.05) is 0 Å². The van der Waals surface area contributed by atoms with Crippen LogP contribution in [-0.4, -0.2) is 16.6 Å². The Morgan fingerprint density at radius 2 is 2.33 bits per heavy atom. The Hall–Kier alpha value is -1.29. The minimum atomic E-state index is 0.258. The lowest BCUT2D eigenvalue weighted by Gasteiger charge is -1.94. The molecule has 0 atom stereocenters. The number of rotatable bonds is 1. The summed E-state index contributed by atoms with van der Waals surface area (Å²) in [6.07, 6.45) is 0. The fourth-order valence-electron chi connectivity index (χ4n) is 1.07. The lowest BCUT2D eigenvalue weighted by molar-refractivity contribution is 0.407. The number of hydrogen-bond acceptors (Lipinski definition) is 4. The van der Waals surface area contributed by atoms with E-state index in [0.29, 0.717) is 5.88 Å². The monoisotopic (exact) mass is 181 g/mol. The largest absolute Gasteiger partial charge is 0.506 e. The van der Waals surface area contributed by atoms with E-state index in [-0.39, 0.29) is 5.75 Å². The maximum absolute atomic E-state index is 9.39. The molecule has 4 heteroatoms. The van der Waals surface area contributed by atoms with Crippen LogP contribution in [-0.2, 0) is 0 Å². The van der Waals surface area contributed by atoms with Crippen LogP contribution in [0.25, 0.3) is 10.1 Å². The summed E-state index contributed by atoms with van der Waals surface area (Å²) in [6.45, 7) is 0. The molecule has 1 aromatic carbocycles. The molecule has 0 saturated carbocycles. The number of hydrogen-bond donors (Lipinski definition) is 1. The predicted molar refractivity (Wildman–Crippen MR) is 47.8 cm³/mol. The van der Waals surface area contributed by atoms with Crippen molar-refractivity contribution in [2.24, 2.45) is 0 Å². The van der Waals surface area contributed by atoms with E-state index in [9.17, 15) is 5.11 Å². The van der Waals surface area contributed by atoms with E-state index in [0.717, 1.165) is 10.1 Å². The van der Waals surface area contributed by atoms with Gasteiger partial charge in [0.15, 0.2) is 0 Å². The Bertz CT molecular complexity index is 410. The SMILES string of the molecule is COc1nsc2c(O)cccc12. The number of phenolic OH excluding ortho intramolecular Hbond substituents is 1. The number of nitrogens with zero attached hydrogens (tertiary/aromatic N) is 1. The van der Waals surface area contributed by atoms with Crippen LogP contribution in [0.2, 0.25) is 0 Å². The number of benzene rings is 1. The van der Waals surface area contributed by atoms with Gasteiger partial charge in [-0.15, -0.1) is 0 Å². The number of aromatic hydroxyl groups is 1. The van der Waals surface area contributed by atoms with Crippen molar-refractivity contribution in [3.63, 3.8) is 0 Å². The minimum absolute atomic E-state index is 0.258. The zero-order valence-corrected chi connectivity index (χ0v) is 7.26. The van der Waals surface area contributed by atoms with Crippen LogP contribution in [0.4, 0.5) is 0 Å². The van der Waals surface area contributed by atoms with E-state index >= 15 is 0 Å². The molecule has 2 aromatic rings. The van der Waals surface area contributed by atoms with Crippen molar-refractivity contribution in [3.8, 4) is 11.6 Å². The first-order valence-electron chi connectivity index (χ1n) is 3.44. The molecule has 1 aromatic heterocycles. The molecule has 0 aliphatic heterocycles. The number of aromatic nitrogens is 1. The van der Waals surface area contributed by atoms with Crippen LogP contribution < -0.4 is 4.74 Å². The highest BCUT2D eigenvalue weighted by Gasteiger charge is 2.07. The highest BCUT2D eigenvalue weighted by atomic mass is 32.1. The molecule has 1 N–H and O–H groups in total. The Kier molecular flexibility index (Phi) is 1.62. The molecule has 0 fully saturated rings. The van der Waals surface area contributed by atoms with Crippen molar-refractivity contribution >= 4 is 21.6 Å². The highest BCUT2D eigenvalue weighted by molar-refractivity contribution is 7.14. The van der Waals surface area contributed by atoms with Crippen LogP contribution >= 0.6 is 11.5 Å². The fraction of sp³-hybridized carbons (Fsp3) is 0.125. The Morgan fingerprint density at radius 1 is 1.50 bits per heavy atom. The standard InChI is InChI=1S/C8H7NO2S/c1-11-8-5-3-2-4-6(10)7(5)12-9-8/h2-4,10H,1H3. The van der Waals surface area contributed by atoms with Gasteiger partial charge >= 0.3 is 0 Å². The van der Waals surface area contributed by atoms with E-state index in [1.54, 1.807) is 19.2 Å². The molecular formula is C8H7NO2S. The first-order chi connectivity index (χ1) is 5.83. The van der Waals surface area contributed by atoms with E-state index in [2.05, 4.69) is 4.37 Å². The molecule has 62 valence electrons. The Balaban J connectivity index is 2.80. The fourth-order valence-corrected chi connectivity index (χ4v) is 1.84. The molecule has 0 aliphatic rings. The van der Waals surface area contributed by atoms with Crippen LogP contribution in [0.1, 0.15) is 0 Å².